The lowest BCUT2D eigenvalue weighted by atomic mass is 10.1. The Bertz CT molecular complexity index is 608. The lowest BCUT2D eigenvalue weighted by Gasteiger charge is -2.17. The molecule has 1 saturated heterocycles. The van der Waals surface area contributed by atoms with Crippen LogP contribution in [0, 0.1) is 13.8 Å². The minimum atomic E-state index is -0.433. The predicted octanol–water partition coefficient (Wildman–Crippen LogP) is 2.90. The van der Waals surface area contributed by atoms with E-state index in [4.69, 9.17) is 17.0 Å². The molecule has 130 valence electrons. The molecule has 1 aromatic rings. The Kier molecular flexibility index (Phi) is 7.05. The molecule has 7 heteroatoms. The first-order valence-corrected chi connectivity index (χ1v) is 9.29. The van der Waals surface area contributed by atoms with Gasteiger partial charge >= 0.3 is 5.97 Å². The Morgan fingerprint density at radius 3 is 2.46 bits per heavy atom. The van der Waals surface area contributed by atoms with Crippen LogP contribution in [-0.2, 0) is 14.3 Å². The van der Waals surface area contributed by atoms with Crippen molar-refractivity contribution < 1.29 is 14.3 Å². The second-order valence-electron chi connectivity index (χ2n) is 5.83. The van der Waals surface area contributed by atoms with E-state index in [9.17, 15) is 9.59 Å². The largest absolute Gasteiger partial charge is 0.455 e. The van der Waals surface area contributed by atoms with Crippen molar-refractivity contribution in [3.8, 4) is 0 Å². The van der Waals surface area contributed by atoms with E-state index in [2.05, 4.69) is 10.2 Å². The van der Waals surface area contributed by atoms with Gasteiger partial charge in [0.2, 0.25) is 0 Å². The van der Waals surface area contributed by atoms with E-state index in [0.29, 0.717) is 5.69 Å². The van der Waals surface area contributed by atoms with Gasteiger partial charge in [0, 0.05) is 18.8 Å². The number of thiocarbonyl (C=S) groups is 1. The molecule has 0 aromatic heterocycles. The fourth-order valence-corrected chi connectivity index (χ4v) is 3.59. The highest BCUT2D eigenvalue weighted by Crippen LogP contribution is 2.16. The van der Waals surface area contributed by atoms with Crippen molar-refractivity contribution in [2.45, 2.75) is 26.7 Å². The summed E-state index contributed by atoms with van der Waals surface area (Å²) in [4.78, 5) is 25.7. The Morgan fingerprint density at radius 1 is 1.21 bits per heavy atom. The maximum Gasteiger partial charge on any atom is 0.316 e. The molecule has 24 heavy (non-hydrogen) atoms. The molecule has 0 unspecified atom stereocenters. The molecule has 1 fully saturated rings. The molecular formula is C17H22N2O3S2. The number of likely N-dealkylation sites (tertiary alicyclic amines) is 1. The molecule has 1 amide bonds. The van der Waals surface area contributed by atoms with Gasteiger partial charge in [0.25, 0.3) is 5.91 Å². The van der Waals surface area contributed by atoms with Gasteiger partial charge in [-0.15, -0.1) is 0 Å². The van der Waals surface area contributed by atoms with Crippen LogP contribution in [-0.4, -0.2) is 46.5 Å². The van der Waals surface area contributed by atoms with Crippen LogP contribution in [0.4, 0.5) is 5.69 Å². The fourth-order valence-electron chi connectivity index (χ4n) is 2.54. The van der Waals surface area contributed by atoms with Crippen LogP contribution >= 0.6 is 24.0 Å². The number of aryl methyl sites for hydroxylation is 2. The van der Waals surface area contributed by atoms with E-state index in [1.165, 1.54) is 11.8 Å². The number of carbonyl (C=O) groups is 2. The molecule has 0 saturated carbocycles. The van der Waals surface area contributed by atoms with E-state index in [-0.39, 0.29) is 18.3 Å². The number of carbonyl (C=O) groups excluding carboxylic acids is 2. The van der Waals surface area contributed by atoms with E-state index in [1.807, 2.05) is 32.0 Å². The number of nitrogens with zero attached hydrogens (tertiary/aromatic N) is 1. The highest BCUT2D eigenvalue weighted by atomic mass is 32.2. The van der Waals surface area contributed by atoms with E-state index >= 15 is 0 Å². The van der Waals surface area contributed by atoms with Crippen LogP contribution in [0.15, 0.2) is 18.2 Å². The zero-order valence-electron chi connectivity index (χ0n) is 14.0. The molecule has 1 aliphatic heterocycles. The van der Waals surface area contributed by atoms with Crippen LogP contribution in [0.3, 0.4) is 0 Å². The first kappa shape index (κ1) is 18.7. The van der Waals surface area contributed by atoms with Crippen molar-refractivity contribution in [2.24, 2.45) is 0 Å². The van der Waals surface area contributed by atoms with E-state index < -0.39 is 5.97 Å². The topological polar surface area (TPSA) is 58.6 Å². The monoisotopic (exact) mass is 366 g/mol. The van der Waals surface area contributed by atoms with Crippen LogP contribution in [0.1, 0.15) is 24.0 Å². The second kappa shape index (κ2) is 9.03. The summed E-state index contributed by atoms with van der Waals surface area (Å²) in [6.07, 6.45) is 2.29. The third-order valence-electron chi connectivity index (χ3n) is 3.55. The van der Waals surface area contributed by atoms with Gasteiger partial charge in [-0.1, -0.05) is 30.0 Å². The zero-order chi connectivity index (χ0) is 17.5. The smallest absolute Gasteiger partial charge is 0.316 e. The third-order valence-corrected chi connectivity index (χ3v) is 5.04. The first-order chi connectivity index (χ1) is 11.4. The zero-order valence-corrected chi connectivity index (χ0v) is 15.6. The van der Waals surface area contributed by atoms with E-state index in [1.54, 1.807) is 0 Å². The number of rotatable bonds is 5. The van der Waals surface area contributed by atoms with Gasteiger partial charge in [-0.25, -0.2) is 0 Å². The van der Waals surface area contributed by atoms with Crippen molar-refractivity contribution >= 4 is 45.9 Å². The number of thioether (sulfide) groups is 1. The summed E-state index contributed by atoms with van der Waals surface area (Å²) in [6.45, 7) is 5.55. The molecule has 0 radical (unpaired) electrons. The number of hydrogen-bond acceptors (Lipinski definition) is 5. The molecule has 5 nitrogen and oxygen atoms in total. The van der Waals surface area contributed by atoms with Gasteiger partial charge in [-0.05, 0) is 49.9 Å². The van der Waals surface area contributed by atoms with Crippen molar-refractivity contribution in [3.05, 3.63) is 29.3 Å². The summed E-state index contributed by atoms with van der Waals surface area (Å²) in [5.41, 5.74) is 2.83. The number of anilines is 1. The highest BCUT2D eigenvalue weighted by Gasteiger charge is 2.17. The molecule has 0 aliphatic carbocycles. The number of nitrogens with one attached hydrogen (secondary N) is 1. The van der Waals surface area contributed by atoms with Crippen molar-refractivity contribution in [2.75, 3.05) is 30.8 Å². The molecule has 1 N–H and O–H groups in total. The number of ether oxygens (including phenoxy) is 1. The molecule has 2 rings (SSSR count). The molecular weight excluding hydrogens is 344 g/mol. The summed E-state index contributed by atoms with van der Waals surface area (Å²) in [6, 6.07) is 5.77. The van der Waals surface area contributed by atoms with Crippen LogP contribution in [0.5, 0.6) is 0 Å². The van der Waals surface area contributed by atoms with Gasteiger partial charge in [0.1, 0.15) is 4.32 Å². The Morgan fingerprint density at radius 2 is 1.83 bits per heavy atom. The molecule has 1 aliphatic rings. The normalized spacial score (nSPS) is 13.7. The van der Waals surface area contributed by atoms with Gasteiger partial charge in [0.15, 0.2) is 6.61 Å². The lowest BCUT2D eigenvalue weighted by Crippen LogP contribution is -2.25. The third kappa shape index (κ3) is 6.13. The average molecular weight is 367 g/mol. The van der Waals surface area contributed by atoms with Gasteiger partial charge in [-0.3, -0.25) is 9.59 Å². The minimum absolute atomic E-state index is 0.131. The summed E-state index contributed by atoms with van der Waals surface area (Å²) < 4.78 is 5.73. The number of esters is 1. The Labute approximate surface area is 152 Å². The van der Waals surface area contributed by atoms with Crippen molar-refractivity contribution in [1.82, 2.24) is 4.90 Å². The first-order valence-electron chi connectivity index (χ1n) is 7.89. The van der Waals surface area contributed by atoms with Gasteiger partial charge in [0.05, 0.1) is 5.75 Å². The molecule has 0 bridgehead atoms. The summed E-state index contributed by atoms with van der Waals surface area (Å²) >= 11 is 6.57. The van der Waals surface area contributed by atoms with Crippen molar-refractivity contribution in [3.63, 3.8) is 0 Å². The average Bonchev–Trinajstić information content (AvgIpc) is 3.04. The predicted molar refractivity (Wildman–Crippen MR) is 101 cm³/mol. The summed E-state index contributed by atoms with van der Waals surface area (Å²) in [5, 5.41) is 2.73. The maximum absolute atomic E-state index is 11.9. The Balaban J connectivity index is 1.69. The SMILES string of the molecule is Cc1cc(C)cc(NC(=O)COC(=O)CSC(=S)N2CCCC2)c1. The van der Waals surface area contributed by atoms with Crippen molar-refractivity contribution in [1.29, 1.82) is 0 Å². The van der Waals surface area contributed by atoms with Crippen LogP contribution < -0.4 is 5.32 Å². The standard InChI is InChI=1S/C17H22N2O3S2/c1-12-7-13(2)9-14(8-12)18-15(20)10-22-16(21)11-24-17(23)19-5-3-4-6-19/h7-9H,3-6,10-11H2,1-2H3,(H,18,20). The number of benzene rings is 1. The molecule has 0 atom stereocenters. The fraction of sp³-hybridized carbons (Fsp3) is 0.471. The minimum Gasteiger partial charge on any atom is -0.455 e. The number of hydrogen-bond donors (Lipinski definition) is 1. The molecule has 1 aromatic carbocycles. The van der Waals surface area contributed by atoms with Crippen LogP contribution in [0.2, 0.25) is 0 Å². The molecule has 0 spiro atoms. The maximum atomic E-state index is 11.9. The summed E-state index contributed by atoms with van der Waals surface area (Å²) in [5.74, 6) is -0.649. The van der Waals surface area contributed by atoms with Gasteiger partial charge in [-0.2, -0.15) is 0 Å². The lowest BCUT2D eigenvalue weighted by molar-refractivity contribution is -0.144. The summed E-state index contributed by atoms with van der Waals surface area (Å²) in [7, 11) is 0. The van der Waals surface area contributed by atoms with E-state index in [0.717, 1.165) is 41.4 Å². The van der Waals surface area contributed by atoms with Gasteiger partial charge < -0.3 is 15.0 Å². The van der Waals surface area contributed by atoms with Crippen LogP contribution in [0.25, 0.3) is 0 Å². The quantitative estimate of drug-likeness (QED) is 0.639. The molecule has 1 heterocycles. The Hall–Kier alpha value is -1.60. The number of amides is 1. The highest BCUT2D eigenvalue weighted by molar-refractivity contribution is 8.23. The second-order valence-corrected chi connectivity index (χ2v) is 7.44.